The topological polar surface area (TPSA) is 122 Å². The van der Waals surface area contributed by atoms with Crippen molar-refractivity contribution in [2.45, 2.75) is 0 Å². The number of aromatic nitrogens is 1. The van der Waals surface area contributed by atoms with Crippen molar-refractivity contribution in [2.75, 3.05) is 5.32 Å². The molecule has 2 aromatic rings. The molecule has 0 atom stereocenters. The van der Waals surface area contributed by atoms with E-state index in [9.17, 15) is 19.7 Å². The van der Waals surface area contributed by atoms with Crippen molar-refractivity contribution < 1.29 is 19.6 Å². The van der Waals surface area contributed by atoms with Crippen LogP contribution in [0.1, 0.15) is 20.8 Å². The van der Waals surface area contributed by atoms with Gasteiger partial charge in [0.05, 0.1) is 10.5 Å². The molecule has 1 aromatic heterocycles. The van der Waals surface area contributed by atoms with Crippen LogP contribution in [0.25, 0.3) is 0 Å². The number of nitrogens with zero attached hydrogens (tertiary/aromatic N) is 2. The van der Waals surface area contributed by atoms with Crippen LogP contribution >= 0.6 is 0 Å². The van der Waals surface area contributed by atoms with E-state index in [2.05, 4.69) is 10.3 Å². The number of pyridine rings is 1. The van der Waals surface area contributed by atoms with Crippen LogP contribution in [-0.2, 0) is 0 Å². The van der Waals surface area contributed by atoms with Crippen molar-refractivity contribution >= 4 is 23.3 Å². The molecule has 0 spiro atoms. The second-order valence-corrected chi connectivity index (χ2v) is 4.00. The molecule has 0 saturated heterocycles. The molecule has 0 saturated carbocycles. The number of carbonyl (C=O) groups excluding carboxylic acids is 1. The fourth-order valence-corrected chi connectivity index (χ4v) is 1.52. The molecule has 2 N–H and O–H groups in total. The van der Waals surface area contributed by atoms with E-state index in [0.29, 0.717) is 5.69 Å². The van der Waals surface area contributed by atoms with E-state index in [1.165, 1.54) is 36.4 Å². The van der Waals surface area contributed by atoms with E-state index in [1.807, 2.05) is 0 Å². The van der Waals surface area contributed by atoms with E-state index >= 15 is 0 Å². The molecule has 8 nitrogen and oxygen atoms in total. The maximum atomic E-state index is 11.9. The predicted octanol–water partition coefficient (Wildman–Crippen LogP) is 1.94. The summed E-state index contributed by atoms with van der Waals surface area (Å²) in [7, 11) is 0. The number of carboxylic acid groups (broad SMARTS) is 1. The van der Waals surface area contributed by atoms with E-state index < -0.39 is 16.8 Å². The first kappa shape index (κ1) is 14.1. The van der Waals surface area contributed by atoms with Gasteiger partial charge in [0.15, 0.2) is 0 Å². The van der Waals surface area contributed by atoms with Gasteiger partial charge >= 0.3 is 5.97 Å². The maximum absolute atomic E-state index is 11.9. The molecular weight excluding hydrogens is 278 g/mol. The van der Waals surface area contributed by atoms with E-state index in [0.717, 1.165) is 6.20 Å². The van der Waals surface area contributed by atoms with Gasteiger partial charge in [0.1, 0.15) is 5.69 Å². The van der Waals surface area contributed by atoms with Gasteiger partial charge in [-0.3, -0.25) is 19.9 Å². The quantitative estimate of drug-likeness (QED) is 0.654. The summed E-state index contributed by atoms with van der Waals surface area (Å²) in [6.07, 6.45) is 1.08. The van der Waals surface area contributed by atoms with Gasteiger partial charge in [0, 0.05) is 24.0 Å². The highest BCUT2D eigenvalue weighted by Gasteiger charge is 2.11. The number of nitrogens with one attached hydrogen (secondary N) is 1. The molecule has 106 valence electrons. The number of non-ortho nitro benzene ring substituents is 1. The molecule has 0 aliphatic rings. The Bertz CT molecular complexity index is 695. The number of nitro groups is 1. The molecule has 0 bridgehead atoms. The first-order valence-electron chi connectivity index (χ1n) is 5.72. The smallest absolute Gasteiger partial charge is 0.337 e. The molecule has 1 amide bonds. The van der Waals surface area contributed by atoms with Gasteiger partial charge in [-0.25, -0.2) is 4.79 Å². The number of benzene rings is 1. The zero-order valence-electron chi connectivity index (χ0n) is 10.5. The number of anilines is 1. The minimum Gasteiger partial charge on any atom is -0.478 e. The highest BCUT2D eigenvalue weighted by atomic mass is 16.6. The maximum Gasteiger partial charge on any atom is 0.337 e. The minimum atomic E-state index is -1.13. The number of aromatic carboxylic acids is 1. The normalized spacial score (nSPS) is 9.90. The number of hydrogen-bond donors (Lipinski definition) is 2. The first-order valence-corrected chi connectivity index (χ1v) is 5.72. The number of amides is 1. The molecule has 0 aliphatic heterocycles. The Morgan fingerprint density at radius 3 is 2.29 bits per heavy atom. The minimum absolute atomic E-state index is 0.0260. The lowest BCUT2D eigenvalue weighted by atomic mass is 10.2. The Kier molecular flexibility index (Phi) is 3.89. The van der Waals surface area contributed by atoms with Crippen molar-refractivity contribution in [3.8, 4) is 0 Å². The van der Waals surface area contributed by atoms with Crippen LogP contribution < -0.4 is 5.32 Å². The summed E-state index contributed by atoms with van der Waals surface area (Å²) in [4.78, 5) is 36.2. The largest absolute Gasteiger partial charge is 0.478 e. The highest BCUT2D eigenvalue weighted by Crippen LogP contribution is 2.16. The molecule has 2 rings (SSSR count). The molecule has 1 heterocycles. The van der Waals surface area contributed by atoms with Crippen molar-refractivity contribution in [1.29, 1.82) is 0 Å². The van der Waals surface area contributed by atoms with Crippen LogP contribution in [0.4, 0.5) is 11.4 Å². The van der Waals surface area contributed by atoms with Crippen molar-refractivity contribution in [3.05, 3.63) is 64.0 Å². The number of rotatable bonds is 4. The lowest BCUT2D eigenvalue weighted by Crippen LogP contribution is -2.14. The number of carbonyl (C=O) groups is 2. The van der Waals surface area contributed by atoms with E-state index in [4.69, 9.17) is 5.11 Å². The molecule has 0 radical (unpaired) electrons. The predicted molar refractivity (Wildman–Crippen MR) is 72.2 cm³/mol. The fraction of sp³-hybridized carbons (Fsp3) is 0. The summed E-state index contributed by atoms with van der Waals surface area (Å²) in [5.41, 5.74) is 0.298. The average molecular weight is 287 g/mol. The fourth-order valence-electron chi connectivity index (χ4n) is 1.52. The van der Waals surface area contributed by atoms with Gasteiger partial charge in [-0.1, -0.05) is 0 Å². The summed E-state index contributed by atoms with van der Waals surface area (Å²) in [6, 6.07) is 7.85. The van der Waals surface area contributed by atoms with E-state index in [1.54, 1.807) is 0 Å². The monoisotopic (exact) mass is 287 g/mol. The SMILES string of the molecule is O=C(O)c1ccc(C(=O)Nc2ccc([N+](=O)[O-])cc2)nc1. The van der Waals surface area contributed by atoms with Gasteiger partial charge in [-0.05, 0) is 24.3 Å². The van der Waals surface area contributed by atoms with Gasteiger partial charge in [-0.2, -0.15) is 0 Å². The molecule has 0 aliphatic carbocycles. The second-order valence-electron chi connectivity index (χ2n) is 4.00. The molecule has 0 fully saturated rings. The Morgan fingerprint density at radius 2 is 1.81 bits per heavy atom. The molecule has 1 aromatic carbocycles. The lowest BCUT2D eigenvalue weighted by molar-refractivity contribution is -0.384. The highest BCUT2D eigenvalue weighted by molar-refractivity contribution is 6.03. The second kappa shape index (κ2) is 5.78. The summed E-state index contributed by atoms with van der Waals surface area (Å²) in [5.74, 6) is -1.68. The van der Waals surface area contributed by atoms with Crippen molar-refractivity contribution in [2.24, 2.45) is 0 Å². The van der Waals surface area contributed by atoms with Crippen LogP contribution in [0.15, 0.2) is 42.6 Å². The zero-order valence-corrected chi connectivity index (χ0v) is 10.5. The number of nitro benzene ring substituents is 1. The molecule has 8 heteroatoms. The summed E-state index contributed by atoms with van der Waals surface area (Å²) in [5, 5.41) is 21.7. The van der Waals surface area contributed by atoms with Gasteiger partial charge in [-0.15, -0.1) is 0 Å². The Balaban J connectivity index is 2.10. The lowest BCUT2D eigenvalue weighted by Gasteiger charge is -2.04. The van der Waals surface area contributed by atoms with Crippen molar-refractivity contribution in [3.63, 3.8) is 0 Å². The molecule has 0 unspecified atom stereocenters. The van der Waals surface area contributed by atoms with Crippen LogP contribution in [0.2, 0.25) is 0 Å². The Hall–Kier alpha value is -3.29. The summed E-state index contributed by atoms with van der Waals surface area (Å²) in [6.45, 7) is 0. The van der Waals surface area contributed by atoms with Crippen molar-refractivity contribution in [1.82, 2.24) is 4.98 Å². The van der Waals surface area contributed by atoms with Gasteiger partial charge in [0.25, 0.3) is 11.6 Å². The summed E-state index contributed by atoms with van der Waals surface area (Å²) >= 11 is 0. The zero-order chi connectivity index (χ0) is 15.4. The molecule has 21 heavy (non-hydrogen) atoms. The summed E-state index contributed by atoms with van der Waals surface area (Å²) < 4.78 is 0. The number of hydrogen-bond acceptors (Lipinski definition) is 5. The Labute approximate surface area is 118 Å². The van der Waals surface area contributed by atoms with Gasteiger partial charge in [0.2, 0.25) is 0 Å². The van der Waals surface area contributed by atoms with Crippen LogP contribution in [0.3, 0.4) is 0 Å². The third kappa shape index (κ3) is 3.38. The molecular formula is C13H9N3O5. The Morgan fingerprint density at radius 1 is 1.14 bits per heavy atom. The van der Waals surface area contributed by atoms with Gasteiger partial charge < -0.3 is 10.4 Å². The van der Waals surface area contributed by atoms with Crippen LogP contribution in [0.5, 0.6) is 0 Å². The van der Waals surface area contributed by atoms with Crippen LogP contribution in [0, 0.1) is 10.1 Å². The standard InChI is InChI=1S/C13H9N3O5/c17-12(11-6-1-8(7-14-11)13(18)19)15-9-2-4-10(5-3-9)16(20)21/h1-7H,(H,15,17)(H,18,19). The average Bonchev–Trinajstić information content (AvgIpc) is 2.47. The van der Waals surface area contributed by atoms with Crippen LogP contribution in [-0.4, -0.2) is 26.9 Å². The third-order valence-electron chi connectivity index (χ3n) is 2.58. The number of carboxylic acids is 1. The first-order chi connectivity index (χ1) is 9.97. The van der Waals surface area contributed by atoms with E-state index in [-0.39, 0.29) is 16.9 Å². The third-order valence-corrected chi connectivity index (χ3v) is 2.58.